The Hall–Kier alpha value is -1.32. The number of benzene rings is 1. The zero-order chi connectivity index (χ0) is 13.9. The quantitative estimate of drug-likeness (QED) is 0.895. The maximum absolute atomic E-state index is 5.73. The highest BCUT2D eigenvalue weighted by Crippen LogP contribution is 2.34. The van der Waals surface area contributed by atoms with Crippen LogP contribution in [0.4, 0.5) is 0 Å². The average molecular weight is 287 g/mol. The molecule has 3 heteroatoms. The minimum atomic E-state index is 0.386. The molecule has 20 heavy (non-hydrogen) atoms. The van der Waals surface area contributed by atoms with Crippen molar-refractivity contribution in [1.29, 1.82) is 0 Å². The standard InChI is InChI=1S/C17H21NOS/c1-3-13-8-9-17(20-13)12(2)18-15-10-11-19-16-7-5-4-6-14(15)16/h4-9,12,15,18H,3,10-11H2,1-2H3. The van der Waals surface area contributed by atoms with Crippen LogP contribution in [0.3, 0.4) is 0 Å². The molecule has 0 saturated carbocycles. The molecule has 0 bridgehead atoms. The number of nitrogens with one attached hydrogen (secondary N) is 1. The fourth-order valence-corrected chi connectivity index (χ4v) is 3.68. The first-order chi connectivity index (χ1) is 9.78. The van der Waals surface area contributed by atoms with E-state index in [1.54, 1.807) is 0 Å². The fraction of sp³-hybridized carbons (Fsp3) is 0.412. The lowest BCUT2D eigenvalue weighted by Gasteiger charge is -2.29. The highest BCUT2D eigenvalue weighted by atomic mass is 32.1. The number of fused-ring (bicyclic) bond motifs is 1. The second-order valence-electron chi connectivity index (χ2n) is 5.27. The lowest BCUT2D eigenvalue weighted by Crippen LogP contribution is -2.28. The van der Waals surface area contributed by atoms with Crippen LogP contribution in [0.5, 0.6) is 5.75 Å². The molecule has 3 rings (SSSR count). The van der Waals surface area contributed by atoms with E-state index in [1.807, 2.05) is 17.4 Å². The highest BCUT2D eigenvalue weighted by Gasteiger charge is 2.23. The Morgan fingerprint density at radius 1 is 1.30 bits per heavy atom. The molecule has 2 atom stereocenters. The number of thiophene rings is 1. The van der Waals surface area contributed by atoms with Crippen molar-refractivity contribution in [3.63, 3.8) is 0 Å². The predicted octanol–water partition coefficient (Wildman–Crippen LogP) is 4.48. The normalized spacial score (nSPS) is 19.2. The molecule has 1 aromatic heterocycles. The van der Waals surface area contributed by atoms with E-state index in [1.165, 1.54) is 15.3 Å². The number of rotatable bonds is 4. The van der Waals surface area contributed by atoms with E-state index in [-0.39, 0.29) is 0 Å². The lowest BCUT2D eigenvalue weighted by molar-refractivity contribution is 0.246. The summed E-state index contributed by atoms with van der Waals surface area (Å²) in [6.45, 7) is 5.26. The van der Waals surface area contributed by atoms with Gasteiger partial charge in [-0.2, -0.15) is 0 Å². The van der Waals surface area contributed by atoms with Crippen molar-refractivity contribution >= 4 is 11.3 Å². The van der Waals surface area contributed by atoms with Gasteiger partial charge >= 0.3 is 0 Å². The number of ether oxygens (including phenoxy) is 1. The molecule has 0 amide bonds. The minimum absolute atomic E-state index is 0.386. The van der Waals surface area contributed by atoms with Crippen LogP contribution >= 0.6 is 11.3 Å². The summed E-state index contributed by atoms with van der Waals surface area (Å²) >= 11 is 1.92. The smallest absolute Gasteiger partial charge is 0.124 e. The Kier molecular flexibility index (Phi) is 4.08. The van der Waals surface area contributed by atoms with Crippen molar-refractivity contribution in [3.05, 3.63) is 51.7 Å². The van der Waals surface area contributed by atoms with Crippen LogP contribution < -0.4 is 10.1 Å². The third kappa shape index (κ3) is 2.74. The Morgan fingerprint density at radius 3 is 2.95 bits per heavy atom. The molecular formula is C17H21NOS. The fourth-order valence-electron chi connectivity index (χ4n) is 2.72. The summed E-state index contributed by atoms with van der Waals surface area (Å²) in [7, 11) is 0. The summed E-state index contributed by atoms with van der Waals surface area (Å²) in [5.41, 5.74) is 1.29. The molecule has 1 N–H and O–H groups in total. The first-order valence-electron chi connectivity index (χ1n) is 7.34. The van der Waals surface area contributed by atoms with Crippen molar-refractivity contribution in [1.82, 2.24) is 5.32 Å². The van der Waals surface area contributed by atoms with Crippen molar-refractivity contribution in [2.75, 3.05) is 6.61 Å². The van der Waals surface area contributed by atoms with Gasteiger partial charge in [0.15, 0.2) is 0 Å². The van der Waals surface area contributed by atoms with Crippen LogP contribution in [0.25, 0.3) is 0 Å². The summed E-state index contributed by atoms with van der Waals surface area (Å²) in [5, 5.41) is 3.76. The van der Waals surface area contributed by atoms with Gasteiger partial charge in [0.1, 0.15) is 5.75 Å². The van der Waals surface area contributed by atoms with Crippen molar-refractivity contribution in [2.24, 2.45) is 0 Å². The molecule has 0 fully saturated rings. The molecule has 2 unspecified atom stereocenters. The van der Waals surface area contributed by atoms with E-state index in [2.05, 4.69) is 49.5 Å². The Labute approximate surface area is 124 Å². The van der Waals surface area contributed by atoms with Gasteiger partial charge in [-0.15, -0.1) is 11.3 Å². The van der Waals surface area contributed by atoms with Gasteiger partial charge in [0.25, 0.3) is 0 Å². The van der Waals surface area contributed by atoms with E-state index in [0.717, 1.165) is 25.2 Å². The second kappa shape index (κ2) is 5.98. The van der Waals surface area contributed by atoms with Crippen molar-refractivity contribution in [3.8, 4) is 5.75 Å². The SMILES string of the molecule is CCc1ccc(C(C)NC2CCOc3ccccc32)s1. The van der Waals surface area contributed by atoms with Crippen LogP contribution in [0.2, 0.25) is 0 Å². The molecular weight excluding hydrogens is 266 g/mol. The van der Waals surface area contributed by atoms with Gasteiger partial charge in [0.2, 0.25) is 0 Å². The maximum Gasteiger partial charge on any atom is 0.124 e. The summed E-state index contributed by atoms with van der Waals surface area (Å²) in [6, 6.07) is 13.6. The van der Waals surface area contributed by atoms with E-state index >= 15 is 0 Å². The van der Waals surface area contributed by atoms with E-state index in [0.29, 0.717) is 12.1 Å². The molecule has 0 radical (unpaired) electrons. The van der Waals surface area contributed by atoms with Crippen LogP contribution in [0.1, 0.15) is 47.7 Å². The zero-order valence-electron chi connectivity index (χ0n) is 12.1. The summed E-state index contributed by atoms with van der Waals surface area (Å²) < 4.78 is 5.73. The molecule has 2 aromatic rings. The molecule has 0 saturated heterocycles. The molecule has 1 aliphatic heterocycles. The van der Waals surface area contributed by atoms with Gasteiger partial charge in [-0.1, -0.05) is 25.1 Å². The largest absolute Gasteiger partial charge is 0.493 e. The maximum atomic E-state index is 5.73. The molecule has 2 nitrogen and oxygen atoms in total. The second-order valence-corrected chi connectivity index (χ2v) is 6.47. The average Bonchev–Trinajstić information content (AvgIpc) is 2.97. The number of hydrogen-bond donors (Lipinski definition) is 1. The molecule has 2 heterocycles. The minimum Gasteiger partial charge on any atom is -0.493 e. The van der Waals surface area contributed by atoms with E-state index in [9.17, 15) is 0 Å². The van der Waals surface area contributed by atoms with Gasteiger partial charge < -0.3 is 10.1 Å². The van der Waals surface area contributed by atoms with Crippen molar-refractivity contribution < 1.29 is 4.74 Å². The monoisotopic (exact) mass is 287 g/mol. The topological polar surface area (TPSA) is 21.3 Å². The Bertz CT molecular complexity index is 578. The van der Waals surface area contributed by atoms with Crippen LogP contribution in [0, 0.1) is 0 Å². The van der Waals surface area contributed by atoms with Gasteiger partial charge in [-0.05, 0) is 31.5 Å². The molecule has 106 valence electrons. The van der Waals surface area contributed by atoms with E-state index < -0.39 is 0 Å². The van der Waals surface area contributed by atoms with Gasteiger partial charge in [-0.25, -0.2) is 0 Å². The molecule has 0 spiro atoms. The summed E-state index contributed by atoms with van der Waals surface area (Å²) in [5.74, 6) is 1.03. The lowest BCUT2D eigenvalue weighted by atomic mass is 9.99. The van der Waals surface area contributed by atoms with Gasteiger partial charge in [-0.3, -0.25) is 0 Å². The van der Waals surface area contributed by atoms with Crippen molar-refractivity contribution in [2.45, 2.75) is 38.8 Å². The Morgan fingerprint density at radius 2 is 2.15 bits per heavy atom. The molecule has 1 aromatic carbocycles. The Balaban J connectivity index is 1.75. The third-order valence-corrected chi connectivity index (χ3v) is 5.28. The van der Waals surface area contributed by atoms with Crippen LogP contribution in [0.15, 0.2) is 36.4 Å². The summed E-state index contributed by atoms with van der Waals surface area (Å²) in [6.07, 6.45) is 2.16. The van der Waals surface area contributed by atoms with Gasteiger partial charge in [0.05, 0.1) is 6.61 Å². The predicted molar refractivity (Wildman–Crippen MR) is 84.5 cm³/mol. The first kappa shape index (κ1) is 13.7. The van der Waals surface area contributed by atoms with Gasteiger partial charge in [0, 0.05) is 33.8 Å². The summed E-state index contributed by atoms with van der Waals surface area (Å²) in [4.78, 5) is 2.88. The third-order valence-electron chi connectivity index (χ3n) is 3.87. The zero-order valence-corrected chi connectivity index (χ0v) is 12.9. The van der Waals surface area contributed by atoms with E-state index in [4.69, 9.17) is 4.74 Å². The molecule has 1 aliphatic rings. The number of aryl methyl sites for hydroxylation is 1. The molecule has 0 aliphatic carbocycles. The van der Waals surface area contributed by atoms with Crippen LogP contribution in [-0.2, 0) is 6.42 Å². The number of hydrogen-bond acceptors (Lipinski definition) is 3. The highest BCUT2D eigenvalue weighted by molar-refractivity contribution is 7.12. The van der Waals surface area contributed by atoms with Crippen LogP contribution in [-0.4, -0.2) is 6.61 Å². The first-order valence-corrected chi connectivity index (χ1v) is 8.16. The number of para-hydroxylation sites is 1.